The Balaban J connectivity index is 2.16. The molecule has 0 aliphatic rings. The molecular formula is C12H10N4OS. The molecule has 0 amide bonds. The Morgan fingerprint density at radius 2 is 2.00 bits per heavy atom. The summed E-state index contributed by atoms with van der Waals surface area (Å²) in [6, 6.07) is 11.1. The minimum atomic E-state index is -0.0533. The van der Waals surface area contributed by atoms with Crippen LogP contribution in [0.4, 0.5) is 5.13 Å². The van der Waals surface area contributed by atoms with Gasteiger partial charge in [-0.2, -0.15) is 0 Å². The van der Waals surface area contributed by atoms with Gasteiger partial charge in [0.2, 0.25) is 5.13 Å². The van der Waals surface area contributed by atoms with E-state index in [1.165, 1.54) is 11.3 Å². The molecule has 0 fully saturated rings. The van der Waals surface area contributed by atoms with Gasteiger partial charge in [-0.25, -0.2) is 0 Å². The zero-order valence-electron chi connectivity index (χ0n) is 9.41. The van der Waals surface area contributed by atoms with Gasteiger partial charge in [-0.05, 0) is 17.5 Å². The van der Waals surface area contributed by atoms with Crippen molar-refractivity contribution >= 4 is 27.4 Å². The Labute approximate surface area is 107 Å². The monoisotopic (exact) mass is 258 g/mol. The van der Waals surface area contributed by atoms with E-state index in [1.807, 2.05) is 30.3 Å². The summed E-state index contributed by atoms with van der Waals surface area (Å²) < 4.78 is 1.68. The van der Waals surface area contributed by atoms with E-state index in [2.05, 4.69) is 10.2 Å². The summed E-state index contributed by atoms with van der Waals surface area (Å²) in [7, 11) is 0. The number of para-hydroxylation sites is 1. The van der Waals surface area contributed by atoms with Crippen LogP contribution < -0.4 is 11.3 Å². The summed E-state index contributed by atoms with van der Waals surface area (Å²) in [5.41, 5.74) is 6.37. The second-order valence-corrected chi connectivity index (χ2v) is 4.94. The number of nitrogen functional groups attached to an aromatic ring is 1. The molecule has 90 valence electrons. The lowest BCUT2D eigenvalue weighted by Gasteiger charge is -2.07. The third-order valence-corrected chi connectivity index (χ3v) is 3.41. The van der Waals surface area contributed by atoms with Crippen LogP contribution in [0.5, 0.6) is 0 Å². The van der Waals surface area contributed by atoms with Gasteiger partial charge >= 0.3 is 0 Å². The quantitative estimate of drug-likeness (QED) is 0.755. The van der Waals surface area contributed by atoms with Crippen LogP contribution in [0.15, 0.2) is 41.2 Å². The van der Waals surface area contributed by atoms with Crippen molar-refractivity contribution < 1.29 is 0 Å². The van der Waals surface area contributed by atoms with Gasteiger partial charge in [-0.3, -0.25) is 4.79 Å². The zero-order valence-corrected chi connectivity index (χ0v) is 10.2. The van der Waals surface area contributed by atoms with Gasteiger partial charge in [0.25, 0.3) is 5.56 Å². The van der Waals surface area contributed by atoms with Gasteiger partial charge in [0.1, 0.15) is 5.01 Å². The van der Waals surface area contributed by atoms with Gasteiger partial charge in [-0.15, -0.1) is 10.2 Å². The molecule has 3 rings (SSSR count). The molecule has 5 nitrogen and oxygen atoms in total. The summed E-state index contributed by atoms with van der Waals surface area (Å²) in [6.07, 6.45) is 0. The molecule has 2 aromatic heterocycles. The molecule has 0 radical (unpaired) electrons. The Morgan fingerprint density at radius 3 is 2.78 bits per heavy atom. The number of nitrogens with two attached hydrogens (primary N) is 1. The minimum absolute atomic E-state index is 0.0533. The first-order valence-electron chi connectivity index (χ1n) is 5.40. The topological polar surface area (TPSA) is 73.8 Å². The third-order valence-electron chi connectivity index (χ3n) is 2.67. The first-order chi connectivity index (χ1) is 8.74. The molecule has 6 heteroatoms. The van der Waals surface area contributed by atoms with Crippen molar-refractivity contribution in [2.24, 2.45) is 0 Å². The van der Waals surface area contributed by atoms with E-state index in [1.54, 1.807) is 10.6 Å². The average Bonchev–Trinajstić information content (AvgIpc) is 2.79. The third kappa shape index (κ3) is 1.86. The highest BCUT2D eigenvalue weighted by Gasteiger charge is 2.06. The van der Waals surface area contributed by atoms with Crippen LogP contribution in [-0.4, -0.2) is 14.8 Å². The summed E-state index contributed by atoms with van der Waals surface area (Å²) in [6.45, 7) is 0.398. The number of aromatic nitrogens is 3. The lowest BCUT2D eigenvalue weighted by atomic mass is 10.2. The molecular weight excluding hydrogens is 248 g/mol. The first-order valence-corrected chi connectivity index (χ1v) is 6.22. The van der Waals surface area contributed by atoms with E-state index in [0.717, 1.165) is 15.9 Å². The second kappa shape index (κ2) is 4.23. The number of benzene rings is 1. The van der Waals surface area contributed by atoms with Crippen LogP contribution in [0.1, 0.15) is 5.01 Å². The van der Waals surface area contributed by atoms with Crippen LogP contribution >= 0.6 is 11.3 Å². The van der Waals surface area contributed by atoms with Crippen molar-refractivity contribution in [1.82, 2.24) is 14.8 Å². The molecule has 0 aliphatic carbocycles. The summed E-state index contributed by atoms with van der Waals surface area (Å²) >= 11 is 1.30. The van der Waals surface area contributed by atoms with E-state index in [0.29, 0.717) is 11.7 Å². The highest BCUT2D eigenvalue weighted by Crippen LogP contribution is 2.15. The zero-order chi connectivity index (χ0) is 12.5. The molecule has 2 N–H and O–H groups in total. The van der Waals surface area contributed by atoms with Crippen molar-refractivity contribution in [3.8, 4) is 0 Å². The van der Waals surface area contributed by atoms with E-state index in [4.69, 9.17) is 5.73 Å². The number of anilines is 1. The Bertz CT molecular complexity index is 762. The maximum atomic E-state index is 11.9. The van der Waals surface area contributed by atoms with E-state index >= 15 is 0 Å². The smallest absolute Gasteiger partial charge is 0.251 e. The van der Waals surface area contributed by atoms with E-state index < -0.39 is 0 Å². The Hall–Kier alpha value is -2.21. The van der Waals surface area contributed by atoms with Gasteiger partial charge < -0.3 is 10.3 Å². The maximum Gasteiger partial charge on any atom is 0.251 e. The molecule has 3 aromatic rings. The van der Waals surface area contributed by atoms with Crippen molar-refractivity contribution in [3.63, 3.8) is 0 Å². The molecule has 0 saturated carbocycles. The molecule has 18 heavy (non-hydrogen) atoms. The lowest BCUT2D eigenvalue weighted by Crippen LogP contribution is -2.19. The highest BCUT2D eigenvalue weighted by atomic mass is 32.1. The normalized spacial score (nSPS) is 10.9. The highest BCUT2D eigenvalue weighted by molar-refractivity contribution is 7.15. The van der Waals surface area contributed by atoms with Crippen LogP contribution in [0, 0.1) is 0 Å². The van der Waals surface area contributed by atoms with Crippen molar-refractivity contribution in [3.05, 3.63) is 51.8 Å². The standard InChI is InChI=1S/C12H10N4OS/c13-12-15-14-10(18-12)7-16-9-4-2-1-3-8(9)5-6-11(16)17/h1-6H,7H2,(H2,13,15). The largest absolute Gasteiger partial charge is 0.374 e. The number of pyridine rings is 1. The maximum absolute atomic E-state index is 11.9. The fraction of sp³-hybridized carbons (Fsp3) is 0.0833. The molecule has 0 bridgehead atoms. The fourth-order valence-electron chi connectivity index (χ4n) is 1.87. The molecule has 0 aliphatic heterocycles. The number of rotatable bonds is 2. The SMILES string of the molecule is Nc1nnc(Cn2c(=O)ccc3ccccc32)s1. The molecule has 0 atom stereocenters. The summed E-state index contributed by atoms with van der Waals surface area (Å²) in [5, 5.41) is 9.86. The van der Waals surface area contributed by atoms with Gasteiger partial charge in [0, 0.05) is 6.07 Å². The van der Waals surface area contributed by atoms with Crippen LogP contribution in [0.2, 0.25) is 0 Å². The predicted molar refractivity (Wildman–Crippen MR) is 71.6 cm³/mol. The second-order valence-electron chi connectivity index (χ2n) is 3.85. The number of nitrogens with zero attached hydrogens (tertiary/aromatic N) is 3. The van der Waals surface area contributed by atoms with Gasteiger partial charge in [-0.1, -0.05) is 29.5 Å². The lowest BCUT2D eigenvalue weighted by molar-refractivity contribution is 0.775. The molecule has 2 heterocycles. The van der Waals surface area contributed by atoms with Crippen LogP contribution in [0.25, 0.3) is 10.9 Å². The van der Waals surface area contributed by atoms with E-state index in [-0.39, 0.29) is 5.56 Å². The minimum Gasteiger partial charge on any atom is -0.374 e. The summed E-state index contributed by atoms with van der Waals surface area (Å²) in [5.74, 6) is 0. The van der Waals surface area contributed by atoms with Gasteiger partial charge in [0.05, 0.1) is 12.1 Å². The van der Waals surface area contributed by atoms with Crippen molar-refractivity contribution in [2.45, 2.75) is 6.54 Å². The summed E-state index contributed by atoms with van der Waals surface area (Å²) in [4.78, 5) is 11.9. The molecule has 0 spiro atoms. The van der Waals surface area contributed by atoms with Gasteiger partial charge in [0.15, 0.2) is 0 Å². The molecule has 0 unspecified atom stereocenters. The Morgan fingerprint density at radius 1 is 1.17 bits per heavy atom. The number of fused-ring (bicyclic) bond motifs is 1. The van der Waals surface area contributed by atoms with E-state index in [9.17, 15) is 4.79 Å². The number of hydrogen-bond acceptors (Lipinski definition) is 5. The fourth-order valence-corrected chi connectivity index (χ4v) is 2.47. The average molecular weight is 258 g/mol. The number of hydrogen-bond donors (Lipinski definition) is 1. The van der Waals surface area contributed by atoms with Crippen LogP contribution in [-0.2, 0) is 6.54 Å². The first kappa shape index (κ1) is 10.9. The Kier molecular flexibility index (Phi) is 2.56. The van der Waals surface area contributed by atoms with Crippen LogP contribution in [0.3, 0.4) is 0 Å². The molecule has 0 saturated heterocycles. The van der Waals surface area contributed by atoms with Crippen molar-refractivity contribution in [2.75, 3.05) is 5.73 Å². The predicted octanol–water partition coefficient (Wildman–Crippen LogP) is 1.48. The molecule has 1 aromatic carbocycles. The van der Waals surface area contributed by atoms with Crippen molar-refractivity contribution in [1.29, 1.82) is 0 Å².